The maximum atomic E-state index is 12.9. The van der Waals surface area contributed by atoms with E-state index in [1.807, 2.05) is 41.0 Å². The second kappa shape index (κ2) is 11.8. The standard InChI is InChI=1S/C39H37NO3/c1-39(2,3)32-20-16-30(17-21-32)36-34-14-7-8-15-35(34)40(37(36)38(41)42)25-28-12-9-13-31(24-28)29-18-22-33(23-19-29)43-26-27-10-5-4-6-11-27/h4-6,9-24H,7-8,25-26H2,1-3H3,(H,41,42). The summed E-state index contributed by atoms with van der Waals surface area (Å²) in [7, 11) is 0. The number of aromatic nitrogens is 1. The summed E-state index contributed by atoms with van der Waals surface area (Å²) in [6.07, 6.45) is 6.19. The number of rotatable bonds is 8. The van der Waals surface area contributed by atoms with Gasteiger partial charge in [0.05, 0.1) is 0 Å². The van der Waals surface area contributed by atoms with Crippen molar-refractivity contribution in [3.63, 3.8) is 0 Å². The number of hydrogen-bond donors (Lipinski definition) is 1. The van der Waals surface area contributed by atoms with E-state index in [0.29, 0.717) is 18.8 Å². The Bertz CT molecular complexity index is 1870. The molecular weight excluding hydrogens is 530 g/mol. The lowest BCUT2D eigenvalue weighted by Crippen LogP contribution is -2.32. The van der Waals surface area contributed by atoms with Crippen molar-refractivity contribution < 1.29 is 14.6 Å². The van der Waals surface area contributed by atoms with Gasteiger partial charge in [0.25, 0.3) is 0 Å². The highest BCUT2D eigenvalue weighted by Crippen LogP contribution is 2.28. The maximum absolute atomic E-state index is 12.9. The van der Waals surface area contributed by atoms with Gasteiger partial charge in [-0.05, 0) is 69.8 Å². The van der Waals surface area contributed by atoms with E-state index in [4.69, 9.17) is 4.74 Å². The first-order chi connectivity index (χ1) is 20.8. The Balaban J connectivity index is 1.31. The number of fused-ring (bicyclic) bond motifs is 1. The van der Waals surface area contributed by atoms with Gasteiger partial charge in [-0.3, -0.25) is 0 Å². The molecular formula is C39H37NO3. The fourth-order valence-electron chi connectivity index (χ4n) is 5.86. The third-order valence-electron chi connectivity index (χ3n) is 8.14. The van der Waals surface area contributed by atoms with Gasteiger partial charge in [-0.2, -0.15) is 0 Å². The summed E-state index contributed by atoms with van der Waals surface area (Å²) in [6.45, 7) is 7.57. The van der Waals surface area contributed by atoms with Crippen LogP contribution >= 0.6 is 0 Å². The van der Waals surface area contributed by atoms with E-state index < -0.39 is 5.97 Å². The van der Waals surface area contributed by atoms with Crippen molar-refractivity contribution in [3.8, 4) is 28.0 Å². The highest BCUT2D eigenvalue weighted by molar-refractivity contribution is 5.95. The van der Waals surface area contributed by atoms with Gasteiger partial charge in [0, 0.05) is 22.7 Å². The summed E-state index contributed by atoms with van der Waals surface area (Å²) >= 11 is 0. The fourth-order valence-corrected chi connectivity index (χ4v) is 5.86. The van der Waals surface area contributed by atoms with Crippen LogP contribution in [0.2, 0.25) is 0 Å². The molecule has 0 atom stereocenters. The molecule has 1 aliphatic rings. The number of aromatic carboxylic acids is 1. The SMILES string of the molecule is CC(C)(C)c1ccc(-c2c(C(=O)O)n(Cc3cccc(-c4ccc(OCc5ccccc5)cc4)c3)c3c2=CCCC=3)cc1. The lowest BCUT2D eigenvalue weighted by atomic mass is 9.86. The molecule has 0 fully saturated rings. The highest BCUT2D eigenvalue weighted by atomic mass is 16.5. The van der Waals surface area contributed by atoms with Crippen molar-refractivity contribution in [2.24, 2.45) is 0 Å². The molecule has 0 spiro atoms. The summed E-state index contributed by atoms with van der Waals surface area (Å²) in [4.78, 5) is 12.9. The van der Waals surface area contributed by atoms with E-state index in [-0.39, 0.29) is 5.41 Å². The number of carboxylic acids is 1. The Labute approximate surface area is 253 Å². The molecule has 0 saturated carbocycles. The first-order valence-electron chi connectivity index (χ1n) is 14.9. The van der Waals surface area contributed by atoms with Crippen LogP contribution in [0.3, 0.4) is 0 Å². The Morgan fingerprint density at radius 1 is 0.767 bits per heavy atom. The summed E-state index contributed by atoms with van der Waals surface area (Å²) in [5.74, 6) is -0.0861. The monoisotopic (exact) mass is 567 g/mol. The number of nitrogens with zero attached hydrogens (tertiary/aromatic N) is 1. The smallest absolute Gasteiger partial charge is 0.353 e. The van der Waals surface area contributed by atoms with Crippen LogP contribution in [-0.4, -0.2) is 15.6 Å². The molecule has 5 aromatic rings. The molecule has 0 amide bonds. The Morgan fingerprint density at radius 2 is 1.44 bits per heavy atom. The number of carboxylic acid groups (broad SMARTS) is 1. The molecule has 1 aliphatic carbocycles. The van der Waals surface area contributed by atoms with Crippen molar-refractivity contribution in [3.05, 3.63) is 136 Å². The van der Waals surface area contributed by atoms with Crippen LogP contribution in [0.1, 0.15) is 60.8 Å². The quantitative estimate of drug-likeness (QED) is 0.208. The van der Waals surface area contributed by atoms with Crippen LogP contribution in [0.4, 0.5) is 0 Å². The van der Waals surface area contributed by atoms with E-state index in [9.17, 15) is 9.90 Å². The lowest BCUT2D eigenvalue weighted by Gasteiger charge is -2.19. The zero-order chi connectivity index (χ0) is 30.0. The van der Waals surface area contributed by atoms with Crippen LogP contribution in [0.25, 0.3) is 34.4 Å². The molecule has 0 radical (unpaired) electrons. The molecule has 6 rings (SSSR count). The van der Waals surface area contributed by atoms with Crippen LogP contribution < -0.4 is 15.3 Å². The normalized spacial score (nSPS) is 12.6. The summed E-state index contributed by atoms with van der Waals surface area (Å²) in [5.41, 5.74) is 7.69. The second-order valence-electron chi connectivity index (χ2n) is 12.2. The van der Waals surface area contributed by atoms with E-state index in [0.717, 1.165) is 62.5 Å². The fraction of sp³-hybridized carbons (Fsp3) is 0.205. The van der Waals surface area contributed by atoms with E-state index >= 15 is 0 Å². The molecule has 0 bridgehead atoms. The van der Waals surface area contributed by atoms with Crippen molar-refractivity contribution in [1.29, 1.82) is 0 Å². The zero-order valence-corrected chi connectivity index (χ0v) is 25.0. The average molecular weight is 568 g/mol. The third-order valence-corrected chi connectivity index (χ3v) is 8.14. The molecule has 1 aromatic heterocycles. The van der Waals surface area contributed by atoms with Gasteiger partial charge in [0.2, 0.25) is 0 Å². The van der Waals surface area contributed by atoms with Crippen molar-refractivity contribution >= 4 is 18.1 Å². The number of ether oxygens (including phenoxy) is 1. The molecule has 216 valence electrons. The van der Waals surface area contributed by atoms with E-state index in [1.54, 1.807) is 0 Å². The first-order valence-corrected chi connectivity index (χ1v) is 14.9. The van der Waals surface area contributed by atoms with Crippen LogP contribution in [0.15, 0.2) is 103 Å². The third kappa shape index (κ3) is 6.05. The van der Waals surface area contributed by atoms with Gasteiger partial charge in [-0.1, -0.05) is 118 Å². The molecule has 4 heteroatoms. The predicted octanol–water partition coefficient (Wildman–Crippen LogP) is 7.80. The van der Waals surface area contributed by atoms with Crippen LogP contribution in [0, 0.1) is 0 Å². The van der Waals surface area contributed by atoms with Gasteiger partial charge < -0.3 is 14.4 Å². The molecule has 0 aliphatic heterocycles. The van der Waals surface area contributed by atoms with Gasteiger partial charge in [-0.25, -0.2) is 4.79 Å². The van der Waals surface area contributed by atoms with Crippen LogP contribution in [-0.2, 0) is 18.6 Å². The summed E-state index contributed by atoms with van der Waals surface area (Å²) in [6, 6.07) is 35.0. The Hall–Kier alpha value is -4.83. The van der Waals surface area contributed by atoms with Gasteiger partial charge in [0.1, 0.15) is 18.1 Å². The van der Waals surface area contributed by atoms with Crippen molar-refractivity contribution in [2.75, 3.05) is 0 Å². The van der Waals surface area contributed by atoms with Crippen molar-refractivity contribution in [2.45, 2.75) is 52.2 Å². The van der Waals surface area contributed by atoms with E-state index in [2.05, 4.69) is 99.7 Å². The van der Waals surface area contributed by atoms with Gasteiger partial charge in [0.15, 0.2) is 0 Å². The Kier molecular flexibility index (Phi) is 7.77. The minimum Gasteiger partial charge on any atom is -0.489 e. The minimum atomic E-state index is -0.909. The Morgan fingerprint density at radius 3 is 2.14 bits per heavy atom. The van der Waals surface area contributed by atoms with Gasteiger partial charge in [-0.15, -0.1) is 0 Å². The first kappa shape index (κ1) is 28.3. The second-order valence-corrected chi connectivity index (χ2v) is 12.2. The summed E-state index contributed by atoms with van der Waals surface area (Å²) in [5, 5.41) is 12.5. The number of hydrogen-bond acceptors (Lipinski definition) is 2. The molecule has 1 N–H and O–H groups in total. The topological polar surface area (TPSA) is 51.5 Å². The molecule has 4 nitrogen and oxygen atoms in total. The predicted molar refractivity (Wildman–Crippen MR) is 175 cm³/mol. The molecule has 0 unspecified atom stereocenters. The summed E-state index contributed by atoms with van der Waals surface area (Å²) < 4.78 is 7.96. The molecule has 0 saturated heterocycles. The minimum absolute atomic E-state index is 0.0277. The molecule has 1 heterocycles. The lowest BCUT2D eigenvalue weighted by molar-refractivity contribution is 0.0686. The molecule has 4 aromatic carbocycles. The van der Waals surface area contributed by atoms with E-state index in [1.165, 1.54) is 5.56 Å². The largest absolute Gasteiger partial charge is 0.489 e. The average Bonchev–Trinajstić information content (AvgIpc) is 3.35. The van der Waals surface area contributed by atoms with Crippen molar-refractivity contribution in [1.82, 2.24) is 4.57 Å². The number of benzene rings is 4. The van der Waals surface area contributed by atoms with Gasteiger partial charge >= 0.3 is 5.97 Å². The van der Waals surface area contributed by atoms with Crippen LogP contribution in [0.5, 0.6) is 5.75 Å². The number of carbonyl (C=O) groups is 1. The highest BCUT2D eigenvalue weighted by Gasteiger charge is 2.24. The maximum Gasteiger partial charge on any atom is 0.353 e. The molecule has 43 heavy (non-hydrogen) atoms. The zero-order valence-electron chi connectivity index (χ0n) is 25.0.